The second kappa shape index (κ2) is 12.0. The van der Waals surface area contributed by atoms with Crippen LogP contribution < -0.4 is 15.8 Å². The SMILES string of the molecule is CS(=O)(=O)N[C@@H](C(=O)N1CCCC1C(=O)NCc1ccc(CN)s1)C(c1ccccc1)c1ccccc1. The Balaban J connectivity index is 1.61. The Morgan fingerprint density at radius 1 is 1.00 bits per heavy atom. The summed E-state index contributed by atoms with van der Waals surface area (Å²) in [5, 5.41) is 2.94. The average Bonchev–Trinajstić information content (AvgIpc) is 3.57. The molecule has 10 heteroatoms. The van der Waals surface area contributed by atoms with Crippen LogP contribution >= 0.6 is 11.3 Å². The van der Waals surface area contributed by atoms with Crippen LogP contribution in [0, 0.1) is 0 Å². The normalized spacial score (nSPS) is 16.6. The van der Waals surface area contributed by atoms with Crippen molar-refractivity contribution in [2.75, 3.05) is 12.8 Å². The fourth-order valence-electron chi connectivity index (χ4n) is 4.79. The van der Waals surface area contributed by atoms with E-state index in [2.05, 4.69) is 10.0 Å². The molecule has 196 valence electrons. The molecule has 4 rings (SSSR count). The Bertz CT molecular complexity index is 1270. The topological polar surface area (TPSA) is 122 Å². The van der Waals surface area contributed by atoms with Gasteiger partial charge >= 0.3 is 0 Å². The minimum absolute atomic E-state index is 0.248. The first-order valence-corrected chi connectivity index (χ1v) is 14.9. The molecule has 0 radical (unpaired) electrons. The summed E-state index contributed by atoms with van der Waals surface area (Å²) in [6.07, 6.45) is 2.22. The Morgan fingerprint density at radius 2 is 1.59 bits per heavy atom. The molecule has 2 heterocycles. The highest BCUT2D eigenvalue weighted by molar-refractivity contribution is 7.88. The zero-order valence-corrected chi connectivity index (χ0v) is 22.3. The van der Waals surface area contributed by atoms with Gasteiger partial charge in [-0.25, -0.2) is 13.1 Å². The van der Waals surface area contributed by atoms with Crippen molar-refractivity contribution < 1.29 is 18.0 Å². The number of rotatable bonds is 10. The van der Waals surface area contributed by atoms with Crippen LogP contribution in [0.25, 0.3) is 0 Å². The van der Waals surface area contributed by atoms with Gasteiger partial charge in [0.05, 0.1) is 12.8 Å². The fourth-order valence-corrected chi connectivity index (χ4v) is 6.33. The molecule has 1 unspecified atom stereocenters. The average molecular weight is 541 g/mol. The summed E-state index contributed by atoms with van der Waals surface area (Å²) in [7, 11) is -3.75. The van der Waals surface area contributed by atoms with Gasteiger partial charge in [0.25, 0.3) is 0 Å². The largest absolute Gasteiger partial charge is 0.349 e. The van der Waals surface area contributed by atoms with Crippen LogP contribution in [0.4, 0.5) is 0 Å². The van der Waals surface area contributed by atoms with E-state index in [0.717, 1.165) is 27.1 Å². The summed E-state index contributed by atoms with van der Waals surface area (Å²) < 4.78 is 27.5. The van der Waals surface area contributed by atoms with E-state index in [9.17, 15) is 18.0 Å². The zero-order valence-electron chi connectivity index (χ0n) is 20.7. The van der Waals surface area contributed by atoms with Gasteiger partial charge in [-0.3, -0.25) is 9.59 Å². The van der Waals surface area contributed by atoms with E-state index in [4.69, 9.17) is 5.73 Å². The molecule has 1 aromatic heterocycles. The minimum Gasteiger partial charge on any atom is -0.349 e. The second-order valence-corrected chi connectivity index (χ2v) is 12.2. The number of benzene rings is 2. The number of sulfonamides is 1. The highest BCUT2D eigenvalue weighted by atomic mass is 32.2. The van der Waals surface area contributed by atoms with Crippen molar-refractivity contribution in [1.82, 2.24) is 14.9 Å². The third-order valence-electron chi connectivity index (χ3n) is 6.45. The fraction of sp³-hybridized carbons (Fsp3) is 0.333. The summed E-state index contributed by atoms with van der Waals surface area (Å²) in [6, 6.07) is 20.8. The third kappa shape index (κ3) is 6.84. The Hall–Kier alpha value is -3.05. The lowest BCUT2D eigenvalue weighted by atomic mass is 9.84. The van der Waals surface area contributed by atoms with Crippen molar-refractivity contribution in [2.45, 2.75) is 43.9 Å². The lowest BCUT2D eigenvalue weighted by Gasteiger charge is -2.33. The molecule has 0 bridgehead atoms. The molecule has 2 aromatic carbocycles. The summed E-state index contributed by atoms with van der Waals surface area (Å²) in [5.74, 6) is -1.24. The van der Waals surface area contributed by atoms with E-state index >= 15 is 0 Å². The van der Waals surface area contributed by atoms with E-state index in [-0.39, 0.29) is 5.91 Å². The van der Waals surface area contributed by atoms with Crippen molar-refractivity contribution in [2.24, 2.45) is 5.73 Å². The molecule has 0 spiro atoms. The van der Waals surface area contributed by atoms with Crippen molar-refractivity contribution in [3.05, 3.63) is 93.7 Å². The number of nitrogens with two attached hydrogens (primary N) is 1. The molecule has 2 amide bonds. The summed E-state index contributed by atoms with van der Waals surface area (Å²) in [6.45, 7) is 1.18. The van der Waals surface area contributed by atoms with E-state index in [1.165, 1.54) is 16.2 Å². The van der Waals surface area contributed by atoms with Gasteiger partial charge in [0, 0.05) is 28.8 Å². The maximum atomic E-state index is 14.0. The van der Waals surface area contributed by atoms with Crippen molar-refractivity contribution in [3.63, 3.8) is 0 Å². The number of hydrogen-bond acceptors (Lipinski definition) is 6. The molecule has 1 aliphatic rings. The molecule has 1 saturated heterocycles. The number of thiophene rings is 1. The Labute approximate surface area is 221 Å². The first-order chi connectivity index (χ1) is 17.8. The third-order valence-corrected chi connectivity index (χ3v) is 8.24. The number of nitrogens with one attached hydrogen (secondary N) is 2. The second-order valence-electron chi connectivity index (χ2n) is 9.15. The zero-order chi connectivity index (χ0) is 26.4. The predicted molar refractivity (Wildman–Crippen MR) is 145 cm³/mol. The van der Waals surface area contributed by atoms with Crippen LogP contribution in [0.3, 0.4) is 0 Å². The van der Waals surface area contributed by atoms with E-state index in [1.54, 1.807) is 0 Å². The van der Waals surface area contributed by atoms with Gasteiger partial charge in [0.15, 0.2) is 0 Å². The maximum absolute atomic E-state index is 14.0. The molecule has 8 nitrogen and oxygen atoms in total. The molecule has 0 saturated carbocycles. The van der Waals surface area contributed by atoms with Crippen LogP contribution in [0.1, 0.15) is 39.6 Å². The standard InChI is InChI=1S/C27H32N4O4S2/c1-37(34,35)30-25(24(19-9-4-2-5-10-19)20-11-6-3-7-12-20)27(33)31-16-8-13-23(31)26(32)29-18-22-15-14-21(17-28)36-22/h2-7,9-12,14-15,23-25,30H,8,13,16-18,28H2,1H3,(H,29,32)/t23?,25-/m1/s1. The van der Waals surface area contributed by atoms with Crippen molar-refractivity contribution in [1.29, 1.82) is 0 Å². The van der Waals surface area contributed by atoms with Crippen LogP contribution in [-0.2, 0) is 32.7 Å². The number of nitrogens with zero attached hydrogens (tertiary/aromatic N) is 1. The molecular weight excluding hydrogens is 508 g/mol. The predicted octanol–water partition coefficient (Wildman–Crippen LogP) is 2.56. The van der Waals surface area contributed by atoms with Gasteiger partial charge in [-0.15, -0.1) is 11.3 Å². The summed E-state index contributed by atoms with van der Waals surface area (Å²) in [4.78, 5) is 30.8. The maximum Gasteiger partial charge on any atom is 0.243 e. The van der Waals surface area contributed by atoms with Crippen LogP contribution in [-0.4, -0.2) is 50.0 Å². The highest BCUT2D eigenvalue weighted by Crippen LogP contribution is 2.31. The minimum atomic E-state index is -3.75. The molecule has 4 N–H and O–H groups in total. The van der Waals surface area contributed by atoms with Crippen LogP contribution in [0.15, 0.2) is 72.8 Å². The van der Waals surface area contributed by atoms with Gasteiger partial charge in [0.1, 0.15) is 12.1 Å². The number of likely N-dealkylation sites (tertiary alicyclic amines) is 1. The first kappa shape index (κ1) is 27.0. The van der Waals surface area contributed by atoms with Crippen molar-refractivity contribution in [3.8, 4) is 0 Å². The van der Waals surface area contributed by atoms with Gasteiger partial charge < -0.3 is 16.0 Å². The molecular formula is C27H32N4O4S2. The van der Waals surface area contributed by atoms with Gasteiger partial charge in [0.2, 0.25) is 21.8 Å². The lowest BCUT2D eigenvalue weighted by Crippen LogP contribution is -2.55. The van der Waals surface area contributed by atoms with Gasteiger partial charge in [-0.05, 0) is 36.1 Å². The Kier molecular flexibility index (Phi) is 8.75. The number of carbonyl (C=O) groups excluding carboxylic acids is 2. The van der Waals surface area contributed by atoms with Gasteiger partial charge in [-0.2, -0.15) is 0 Å². The smallest absolute Gasteiger partial charge is 0.243 e. The molecule has 0 aliphatic carbocycles. The lowest BCUT2D eigenvalue weighted by molar-refractivity contribution is -0.140. The van der Waals surface area contributed by atoms with E-state index in [1.807, 2.05) is 72.8 Å². The van der Waals surface area contributed by atoms with Crippen LogP contribution in [0.5, 0.6) is 0 Å². The highest BCUT2D eigenvalue weighted by Gasteiger charge is 2.41. The first-order valence-electron chi connectivity index (χ1n) is 12.2. The van der Waals surface area contributed by atoms with Gasteiger partial charge in [-0.1, -0.05) is 60.7 Å². The molecule has 3 aromatic rings. The quantitative estimate of drug-likeness (QED) is 0.365. The molecule has 1 fully saturated rings. The number of hydrogen-bond donors (Lipinski definition) is 3. The summed E-state index contributed by atoms with van der Waals surface area (Å²) in [5.41, 5.74) is 7.29. The van der Waals surface area contributed by atoms with Crippen molar-refractivity contribution >= 4 is 33.2 Å². The van der Waals surface area contributed by atoms with E-state index in [0.29, 0.717) is 32.5 Å². The summed E-state index contributed by atoms with van der Waals surface area (Å²) >= 11 is 1.54. The van der Waals surface area contributed by atoms with E-state index < -0.39 is 33.9 Å². The molecule has 37 heavy (non-hydrogen) atoms. The molecule has 2 atom stereocenters. The Morgan fingerprint density at radius 3 is 2.14 bits per heavy atom. The number of amides is 2. The van der Waals surface area contributed by atoms with Crippen LogP contribution in [0.2, 0.25) is 0 Å². The number of carbonyl (C=O) groups is 2. The monoisotopic (exact) mass is 540 g/mol. The molecule has 1 aliphatic heterocycles.